The number of hydrogen-bond acceptors (Lipinski definition) is 4. The predicted octanol–water partition coefficient (Wildman–Crippen LogP) is 1.65. The van der Waals surface area contributed by atoms with E-state index in [0.717, 1.165) is 28.1 Å². The number of nitrogens with two attached hydrogens (primary N) is 1. The third kappa shape index (κ3) is 3.08. The molecule has 0 unspecified atom stereocenters. The summed E-state index contributed by atoms with van der Waals surface area (Å²) in [6.07, 6.45) is 1.83. The fourth-order valence-electron chi connectivity index (χ4n) is 1.93. The van der Waals surface area contributed by atoms with Crippen LogP contribution in [0.3, 0.4) is 0 Å². The Kier molecular flexibility index (Phi) is 3.80. The molecule has 19 heavy (non-hydrogen) atoms. The number of thiocarbonyl (C=S) groups is 1. The first-order valence-electron chi connectivity index (χ1n) is 5.86. The molecule has 0 spiro atoms. The molecule has 2 aromatic rings. The predicted molar refractivity (Wildman–Crippen MR) is 77.1 cm³/mol. The first-order chi connectivity index (χ1) is 8.97. The van der Waals surface area contributed by atoms with Gasteiger partial charge in [0.2, 0.25) is 0 Å². The van der Waals surface area contributed by atoms with Crippen LogP contribution in [-0.2, 0) is 13.7 Å². The lowest BCUT2D eigenvalue weighted by molar-refractivity contribution is 0.297. The van der Waals surface area contributed by atoms with Crippen LogP contribution in [-0.4, -0.2) is 20.0 Å². The summed E-state index contributed by atoms with van der Waals surface area (Å²) in [5.41, 5.74) is 9.30. The molecule has 100 valence electrons. The fraction of sp³-hybridized carbons (Fsp3) is 0.308. The van der Waals surface area contributed by atoms with Crippen LogP contribution in [0.5, 0.6) is 5.75 Å². The highest BCUT2D eigenvalue weighted by Crippen LogP contribution is 2.25. The molecular formula is C13H16N4OS. The molecule has 6 heteroatoms. The molecule has 5 nitrogen and oxygen atoms in total. The highest BCUT2D eigenvalue weighted by atomic mass is 32.1. The fourth-order valence-corrected chi connectivity index (χ4v) is 2.05. The number of nitrogens with zero attached hydrogens (tertiary/aromatic N) is 3. The Morgan fingerprint density at radius 1 is 1.37 bits per heavy atom. The van der Waals surface area contributed by atoms with Crippen molar-refractivity contribution in [1.29, 1.82) is 0 Å². The van der Waals surface area contributed by atoms with Crippen molar-refractivity contribution in [1.82, 2.24) is 15.0 Å². The van der Waals surface area contributed by atoms with E-state index in [9.17, 15) is 0 Å². The molecule has 0 bridgehead atoms. The van der Waals surface area contributed by atoms with Gasteiger partial charge in [-0.2, -0.15) is 0 Å². The van der Waals surface area contributed by atoms with Crippen molar-refractivity contribution in [2.24, 2.45) is 12.8 Å². The molecule has 0 aliphatic carbocycles. The van der Waals surface area contributed by atoms with Crippen LogP contribution in [0.4, 0.5) is 0 Å². The number of benzene rings is 1. The maximum absolute atomic E-state index is 5.80. The van der Waals surface area contributed by atoms with Gasteiger partial charge in [0, 0.05) is 12.6 Å². The van der Waals surface area contributed by atoms with Gasteiger partial charge in [-0.05, 0) is 37.1 Å². The Morgan fingerprint density at radius 3 is 2.47 bits per heavy atom. The van der Waals surface area contributed by atoms with E-state index in [2.05, 4.69) is 10.3 Å². The lowest BCUT2D eigenvalue weighted by Gasteiger charge is -2.12. The number of rotatable bonds is 4. The van der Waals surface area contributed by atoms with Crippen molar-refractivity contribution in [3.63, 3.8) is 0 Å². The maximum atomic E-state index is 5.80. The minimum atomic E-state index is 0.391. The Bertz CT molecular complexity index is 598. The molecule has 1 aromatic heterocycles. The molecule has 0 saturated carbocycles. The molecule has 0 aliphatic rings. The summed E-state index contributed by atoms with van der Waals surface area (Å²) in [4.78, 5) is 0.395. The topological polar surface area (TPSA) is 66.0 Å². The average molecular weight is 276 g/mol. The molecule has 2 rings (SSSR count). The molecule has 0 fully saturated rings. The van der Waals surface area contributed by atoms with Crippen LogP contribution in [0.15, 0.2) is 18.3 Å². The molecule has 0 radical (unpaired) electrons. The van der Waals surface area contributed by atoms with E-state index < -0.39 is 0 Å². The van der Waals surface area contributed by atoms with Crippen molar-refractivity contribution in [2.45, 2.75) is 20.5 Å². The van der Waals surface area contributed by atoms with E-state index >= 15 is 0 Å². The standard InChI is InChI=1S/C13H16N4OS/c1-8-4-10(13(14)19)5-9(2)12(8)18-7-11-6-17(3)16-15-11/h4-6H,7H2,1-3H3,(H2,14,19). The second-order valence-corrected chi connectivity index (χ2v) is 4.92. The van der Waals surface area contributed by atoms with Gasteiger partial charge in [-0.25, -0.2) is 0 Å². The largest absolute Gasteiger partial charge is 0.487 e. The molecular weight excluding hydrogens is 260 g/mol. The number of aromatic nitrogens is 3. The van der Waals surface area contributed by atoms with Gasteiger partial charge in [-0.15, -0.1) is 5.10 Å². The zero-order valence-corrected chi connectivity index (χ0v) is 12.0. The third-order valence-corrected chi connectivity index (χ3v) is 3.00. The van der Waals surface area contributed by atoms with E-state index in [1.807, 2.05) is 39.2 Å². The third-order valence-electron chi connectivity index (χ3n) is 2.76. The quantitative estimate of drug-likeness (QED) is 0.860. The molecule has 2 N–H and O–H groups in total. The van der Waals surface area contributed by atoms with E-state index in [0.29, 0.717) is 11.6 Å². The van der Waals surface area contributed by atoms with Crippen molar-refractivity contribution in [2.75, 3.05) is 0 Å². The minimum absolute atomic E-state index is 0.391. The first kappa shape index (κ1) is 13.5. The van der Waals surface area contributed by atoms with Crippen molar-refractivity contribution in [3.8, 4) is 5.75 Å². The highest BCUT2D eigenvalue weighted by molar-refractivity contribution is 7.80. The molecule has 0 saturated heterocycles. The lowest BCUT2D eigenvalue weighted by Crippen LogP contribution is -2.10. The van der Waals surface area contributed by atoms with Crippen LogP contribution in [0.2, 0.25) is 0 Å². The van der Waals surface area contributed by atoms with Gasteiger partial charge >= 0.3 is 0 Å². The summed E-state index contributed by atoms with van der Waals surface area (Å²) < 4.78 is 7.45. The summed E-state index contributed by atoms with van der Waals surface area (Å²) in [5, 5.41) is 7.85. The number of hydrogen-bond donors (Lipinski definition) is 1. The Labute approximate surface area is 117 Å². The molecule has 0 amide bonds. The SMILES string of the molecule is Cc1cc(C(N)=S)cc(C)c1OCc1cn(C)nn1. The van der Waals surface area contributed by atoms with Crippen LogP contribution >= 0.6 is 12.2 Å². The number of ether oxygens (including phenoxy) is 1. The van der Waals surface area contributed by atoms with Gasteiger partial charge in [-0.1, -0.05) is 17.4 Å². The molecule has 1 aromatic carbocycles. The lowest BCUT2D eigenvalue weighted by atomic mass is 10.1. The van der Waals surface area contributed by atoms with Crippen LogP contribution in [0.1, 0.15) is 22.4 Å². The van der Waals surface area contributed by atoms with Crippen molar-refractivity contribution < 1.29 is 4.74 Å². The van der Waals surface area contributed by atoms with E-state index in [1.54, 1.807) is 4.68 Å². The summed E-state index contributed by atoms with van der Waals surface area (Å²) >= 11 is 4.98. The monoisotopic (exact) mass is 276 g/mol. The summed E-state index contributed by atoms with van der Waals surface area (Å²) in [5.74, 6) is 0.839. The van der Waals surface area contributed by atoms with Gasteiger partial charge in [0.15, 0.2) is 0 Å². The van der Waals surface area contributed by atoms with E-state index in [1.165, 1.54) is 0 Å². The van der Waals surface area contributed by atoms with Crippen LogP contribution in [0, 0.1) is 13.8 Å². The van der Waals surface area contributed by atoms with Crippen LogP contribution < -0.4 is 10.5 Å². The average Bonchev–Trinajstić information content (AvgIpc) is 2.73. The highest BCUT2D eigenvalue weighted by Gasteiger charge is 2.09. The summed E-state index contributed by atoms with van der Waals surface area (Å²) in [7, 11) is 1.82. The number of aryl methyl sites for hydroxylation is 3. The molecule has 0 atom stereocenters. The maximum Gasteiger partial charge on any atom is 0.134 e. The van der Waals surface area contributed by atoms with Crippen molar-refractivity contribution >= 4 is 17.2 Å². The van der Waals surface area contributed by atoms with Crippen molar-refractivity contribution in [3.05, 3.63) is 40.7 Å². The van der Waals surface area contributed by atoms with Gasteiger partial charge in [0.1, 0.15) is 23.0 Å². The van der Waals surface area contributed by atoms with Gasteiger partial charge < -0.3 is 10.5 Å². The normalized spacial score (nSPS) is 10.5. The Balaban J connectivity index is 2.18. The zero-order chi connectivity index (χ0) is 14.0. The van der Waals surface area contributed by atoms with Gasteiger partial charge in [0.25, 0.3) is 0 Å². The van der Waals surface area contributed by atoms with E-state index in [4.69, 9.17) is 22.7 Å². The second kappa shape index (κ2) is 5.36. The Morgan fingerprint density at radius 2 is 2.00 bits per heavy atom. The van der Waals surface area contributed by atoms with Gasteiger partial charge in [0.05, 0.1) is 6.20 Å². The molecule has 0 aliphatic heterocycles. The minimum Gasteiger partial charge on any atom is -0.487 e. The van der Waals surface area contributed by atoms with Gasteiger partial charge in [-0.3, -0.25) is 4.68 Å². The smallest absolute Gasteiger partial charge is 0.134 e. The zero-order valence-electron chi connectivity index (χ0n) is 11.2. The van der Waals surface area contributed by atoms with E-state index in [-0.39, 0.29) is 0 Å². The first-order valence-corrected chi connectivity index (χ1v) is 6.27. The summed E-state index contributed by atoms with van der Waals surface area (Å²) in [6.45, 7) is 4.34. The summed E-state index contributed by atoms with van der Waals surface area (Å²) in [6, 6.07) is 3.86. The van der Waals surface area contributed by atoms with Crippen LogP contribution in [0.25, 0.3) is 0 Å². The molecule has 1 heterocycles. The second-order valence-electron chi connectivity index (χ2n) is 4.48. The Hall–Kier alpha value is -1.95.